The van der Waals surface area contributed by atoms with Crippen molar-refractivity contribution in [3.8, 4) is 0 Å². The van der Waals surface area contributed by atoms with Crippen LogP contribution in [0.25, 0.3) is 11.0 Å². The fourth-order valence-corrected chi connectivity index (χ4v) is 3.99. The first kappa shape index (κ1) is 20.2. The van der Waals surface area contributed by atoms with Crippen LogP contribution in [0.5, 0.6) is 0 Å². The van der Waals surface area contributed by atoms with E-state index in [9.17, 15) is 9.59 Å². The lowest BCUT2D eigenvalue weighted by Gasteiger charge is -2.12. The zero-order chi connectivity index (χ0) is 21.1. The highest BCUT2D eigenvalue weighted by molar-refractivity contribution is 7.99. The number of thioether (sulfide) groups is 1. The fourth-order valence-electron chi connectivity index (χ4n) is 3.00. The standard InChI is InChI=1S/C21H18ClN5O2S/c1-26-12-17-19(25-26)20(29)27(11-14-6-3-2-4-7-14)21(24-17)30-13-18(28)23-16-9-5-8-15(22)10-16/h2-10,12H,11,13H2,1H3,(H,23,28). The Balaban J connectivity index is 1.60. The summed E-state index contributed by atoms with van der Waals surface area (Å²) >= 11 is 7.17. The molecule has 0 spiro atoms. The number of carbonyl (C=O) groups excluding carboxylic acids is 1. The Kier molecular flexibility index (Phi) is 5.87. The van der Waals surface area contributed by atoms with Crippen LogP contribution in [-0.4, -0.2) is 31.0 Å². The average molecular weight is 440 g/mol. The molecule has 0 atom stereocenters. The average Bonchev–Trinajstić information content (AvgIpc) is 3.10. The Morgan fingerprint density at radius 1 is 1.17 bits per heavy atom. The maximum absolute atomic E-state index is 13.1. The van der Waals surface area contributed by atoms with E-state index in [1.54, 1.807) is 46.8 Å². The molecule has 0 aliphatic heterocycles. The molecule has 0 fully saturated rings. The van der Waals surface area contributed by atoms with E-state index in [-0.39, 0.29) is 17.2 Å². The number of fused-ring (bicyclic) bond motifs is 1. The van der Waals surface area contributed by atoms with Gasteiger partial charge in [-0.2, -0.15) is 5.10 Å². The Labute approximate surface area is 181 Å². The lowest BCUT2D eigenvalue weighted by atomic mass is 10.2. The van der Waals surface area contributed by atoms with Crippen LogP contribution in [-0.2, 0) is 18.4 Å². The molecule has 2 heterocycles. The van der Waals surface area contributed by atoms with Gasteiger partial charge >= 0.3 is 0 Å². The summed E-state index contributed by atoms with van der Waals surface area (Å²) in [6.45, 7) is 0.345. The van der Waals surface area contributed by atoms with Crippen molar-refractivity contribution in [2.45, 2.75) is 11.7 Å². The fraction of sp³-hybridized carbons (Fsp3) is 0.143. The highest BCUT2D eigenvalue weighted by Crippen LogP contribution is 2.20. The normalized spacial score (nSPS) is 11.0. The highest BCUT2D eigenvalue weighted by atomic mass is 35.5. The first-order valence-corrected chi connectivity index (χ1v) is 10.5. The summed E-state index contributed by atoms with van der Waals surface area (Å²) in [5, 5.41) is 8.04. The maximum Gasteiger partial charge on any atom is 0.282 e. The zero-order valence-corrected chi connectivity index (χ0v) is 17.7. The quantitative estimate of drug-likeness (QED) is 0.367. The maximum atomic E-state index is 13.1. The van der Waals surface area contributed by atoms with Crippen LogP contribution in [0, 0.1) is 0 Å². The summed E-state index contributed by atoms with van der Waals surface area (Å²) in [6, 6.07) is 16.6. The molecule has 0 aliphatic rings. The van der Waals surface area contributed by atoms with E-state index in [2.05, 4.69) is 15.4 Å². The number of benzene rings is 2. The molecule has 9 heteroatoms. The van der Waals surface area contributed by atoms with Crippen molar-refractivity contribution < 1.29 is 4.79 Å². The number of rotatable bonds is 6. The van der Waals surface area contributed by atoms with Gasteiger partial charge in [0.05, 0.1) is 18.5 Å². The number of anilines is 1. The molecule has 4 aromatic rings. The number of amides is 1. The molecule has 0 unspecified atom stereocenters. The summed E-state index contributed by atoms with van der Waals surface area (Å²) < 4.78 is 3.12. The molecule has 0 aliphatic carbocycles. The molecular formula is C21H18ClN5O2S. The number of aryl methyl sites for hydroxylation is 1. The van der Waals surface area contributed by atoms with Crippen LogP contribution in [0.2, 0.25) is 5.02 Å². The van der Waals surface area contributed by atoms with Crippen molar-refractivity contribution in [2.24, 2.45) is 7.05 Å². The van der Waals surface area contributed by atoms with Gasteiger partial charge < -0.3 is 5.32 Å². The number of halogens is 1. The van der Waals surface area contributed by atoms with Gasteiger partial charge in [-0.25, -0.2) is 4.98 Å². The largest absolute Gasteiger partial charge is 0.325 e. The van der Waals surface area contributed by atoms with Crippen LogP contribution >= 0.6 is 23.4 Å². The smallest absolute Gasteiger partial charge is 0.282 e. The molecule has 0 saturated heterocycles. The predicted octanol–water partition coefficient (Wildman–Crippen LogP) is 3.56. The van der Waals surface area contributed by atoms with Crippen molar-refractivity contribution in [1.82, 2.24) is 19.3 Å². The topological polar surface area (TPSA) is 81.8 Å². The van der Waals surface area contributed by atoms with Crippen molar-refractivity contribution in [3.63, 3.8) is 0 Å². The van der Waals surface area contributed by atoms with Crippen molar-refractivity contribution in [1.29, 1.82) is 0 Å². The van der Waals surface area contributed by atoms with Gasteiger partial charge in [0.1, 0.15) is 5.52 Å². The van der Waals surface area contributed by atoms with E-state index < -0.39 is 0 Å². The summed E-state index contributed by atoms with van der Waals surface area (Å²) in [5.41, 5.74) is 2.15. The van der Waals surface area contributed by atoms with Crippen molar-refractivity contribution >= 4 is 46.0 Å². The van der Waals surface area contributed by atoms with Gasteiger partial charge in [0.15, 0.2) is 10.7 Å². The third-order valence-electron chi connectivity index (χ3n) is 4.33. The lowest BCUT2D eigenvalue weighted by Crippen LogP contribution is -2.25. The summed E-state index contributed by atoms with van der Waals surface area (Å²) in [6.07, 6.45) is 1.69. The SMILES string of the molecule is Cn1cc2nc(SCC(=O)Nc3cccc(Cl)c3)n(Cc3ccccc3)c(=O)c2n1. The Hall–Kier alpha value is -3.10. The van der Waals surface area contributed by atoms with Crippen LogP contribution < -0.4 is 10.9 Å². The van der Waals surface area contributed by atoms with Gasteiger partial charge in [0, 0.05) is 17.8 Å². The van der Waals surface area contributed by atoms with Gasteiger partial charge in [0.25, 0.3) is 5.56 Å². The van der Waals surface area contributed by atoms with E-state index >= 15 is 0 Å². The van der Waals surface area contributed by atoms with Gasteiger partial charge in [-0.3, -0.25) is 18.8 Å². The van der Waals surface area contributed by atoms with Crippen LogP contribution in [0.3, 0.4) is 0 Å². The molecule has 7 nitrogen and oxygen atoms in total. The van der Waals surface area contributed by atoms with Crippen LogP contribution in [0.15, 0.2) is 70.7 Å². The molecule has 1 amide bonds. The number of nitrogens with one attached hydrogen (secondary N) is 1. The second-order valence-corrected chi connectivity index (χ2v) is 8.03. The molecule has 4 rings (SSSR count). The van der Waals surface area contributed by atoms with E-state index in [4.69, 9.17) is 11.6 Å². The minimum atomic E-state index is -0.234. The third kappa shape index (κ3) is 4.55. The van der Waals surface area contributed by atoms with E-state index in [0.717, 1.165) is 5.56 Å². The Bertz CT molecular complexity index is 1270. The Morgan fingerprint density at radius 3 is 2.73 bits per heavy atom. The molecule has 0 saturated carbocycles. The van der Waals surface area contributed by atoms with Crippen LogP contribution in [0.1, 0.15) is 5.56 Å². The third-order valence-corrected chi connectivity index (χ3v) is 5.54. The van der Waals surface area contributed by atoms with E-state index in [0.29, 0.717) is 33.4 Å². The Morgan fingerprint density at radius 2 is 1.97 bits per heavy atom. The number of nitrogens with zero attached hydrogens (tertiary/aromatic N) is 4. The molecule has 0 bridgehead atoms. The summed E-state index contributed by atoms with van der Waals surface area (Å²) in [4.78, 5) is 30.1. The second kappa shape index (κ2) is 8.73. The molecule has 1 N–H and O–H groups in total. The van der Waals surface area contributed by atoms with E-state index in [1.807, 2.05) is 30.3 Å². The predicted molar refractivity (Wildman–Crippen MR) is 119 cm³/mol. The minimum absolute atomic E-state index is 0.0967. The number of hydrogen-bond donors (Lipinski definition) is 1. The molecule has 152 valence electrons. The molecule has 2 aromatic heterocycles. The monoisotopic (exact) mass is 439 g/mol. The van der Waals surface area contributed by atoms with Crippen molar-refractivity contribution in [3.05, 3.63) is 81.7 Å². The molecular weight excluding hydrogens is 422 g/mol. The van der Waals surface area contributed by atoms with Gasteiger partial charge in [0.2, 0.25) is 5.91 Å². The molecule has 30 heavy (non-hydrogen) atoms. The number of hydrogen-bond acceptors (Lipinski definition) is 5. The highest BCUT2D eigenvalue weighted by Gasteiger charge is 2.16. The minimum Gasteiger partial charge on any atom is -0.325 e. The van der Waals surface area contributed by atoms with Gasteiger partial charge in [-0.1, -0.05) is 59.8 Å². The molecule has 2 aromatic carbocycles. The second-order valence-electron chi connectivity index (χ2n) is 6.66. The zero-order valence-electron chi connectivity index (χ0n) is 16.1. The molecule has 0 radical (unpaired) electrons. The van der Waals surface area contributed by atoms with Gasteiger partial charge in [-0.15, -0.1) is 0 Å². The van der Waals surface area contributed by atoms with E-state index in [1.165, 1.54) is 11.8 Å². The lowest BCUT2D eigenvalue weighted by molar-refractivity contribution is -0.113. The van der Waals surface area contributed by atoms with Crippen molar-refractivity contribution in [2.75, 3.05) is 11.1 Å². The first-order chi connectivity index (χ1) is 14.5. The first-order valence-electron chi connectivity index (χ1n) is 9.16. The van der Waals surface area contributed by atoms with Gasteiger partial charge in [-0.05, 0) is 23.8 Å². The summed E-state index contributed by atoms with van der Waals surface area (Å²) in [5.74, 6) is -0.117. The van der Waals surface area contributed by atoms with Crippen LogP contribution in [0.4, 0.5) is 5.69 Å². The number of carbonyl (C=O) groups is 1. The summed E-state index contributed by atoms with van der Waals surface area (Å²) in [7, 11) is 1.74. The number of aromatic nitrogens is 4.